The number of hydrogen-bond donors (Lipinski definition) is 1. The Labute approximate surface area is 113 Å². The first kappa shape index (κ1) is 13.6. The van der Waals surface area contributed by atoms with Gasteiger partial charge in [0.15, 0.2) is 0 Å². The molecule has 0 bridgehead atoms. The van der Waals surface area contributed by atoms with E-state index >= 15 is 0 Å². The van der Waals surface area contributed by atoms with Crippen LogP contribution in [0.5, 0.6) is 0 Å². The van der Waals surface area contributed by atoms with Crippen LogP contribution in [0, 0.1) is 6.92 Å². The second-order valence-electron chi connectivity index (χ2n) is 5.07. The van der Waals surface area contributed by atoms with Crippen molar-refractivity contribution in [3.63, 3.8) is 0 Å². The van der Waals surface area contributed by atoms with E-state index in [0.717, 1.165) is 25.7 Å². The first-order valence-corrected chi connectivity index (χ1v) is 7.45. The second-order valence-corrected chi connectivity index (χ2v) is 6.07. The zero-order chi connectivity index (χ0) is 13.0. The Kier molecular flexibility index (Phi) is 4.40. The lowest BCUT2D eigenvalue weighted by Crippen LogP contribution is -2.48. The van der Waals surface area contributed by atoms with Gasteiger partial charge < -0.3 is 10.1 Å². The fourth-order valence-corrected chi connectivity index (χ4v) is 3.16. The first-order valence-electron chi connectivity index (χ1n) is 6.57. The van der Waals surface area contributed by atoms with E-state index in [4.69, 9.17) is 4.74 Å². The molecule has 0 aliphatic carbocycles. The molecule has 0 aromatic carbocycles. The summed E-state index contributed by atoms with van der Waals surface area (Å²) >= 11 is 1.75. The van der Waals surface area contributed by atoms with Crippen LogP contribution < -0.4 is 5.32 Å². The molecule has 0 saturated carbocycles. The van der Waals surface area contributed by atoms with Gasteiger partial charge in [-0.1, -0.05) is 0 Å². The third-order valence-corrected chi connectivity index (χ3v) is 4.64. The molecule has 0 spiro atoms. The van der Waals surface area contributed by atoms with Gasteiger partial charge >= 0.3 is 0 Å². The van der Waals surface area contributed by atoms with Crippen molar-refractivity contribution in [1.29, 1.82) is 0 Å². The minimum Gasteiger partial charge on any atom is -0.365 e. The van der Waals surface area contributed by atoms with Crippen LogP contribution in [-0.4, -0.2) is 24.7 Å². The molecule has 100 valence electrons. The molecule has 1 unspecified atom stereocenters. The van der Waals surface area contributed by atoms with Crippen molar-refractivity contribution in [3.8, 4) is 0 Å². The van der Waals surface area contributed by atoms with Crippen LogP contribution in [0.4, 0.5) is 0 Å². The molecule has 0 radical (unpaired) electrons. The van der Waals surface area contributed by atoms with Crippen molar-refractivity contribution in [2.24, 2.45) is 0 Å². The van der Waals surface area contributed by atoms with Crippen molar-refractivity contribution in [2.75, 3.05) is 13.2 Å². The summed E-state index contributed by atoms with van der Waals surface area (Å²) in [5.41, 5.74) is 0.706. The second kappa shape index (κ2) is 5.85. The number of carbonyl (C=O) groups is 1. The monoisotopic (exact) mass is 267 g/mol. The highest BCUT2D eigenvalue weighted by Gasteiger charge is 2.35. The SMILES string of the molecule is Cc1ccsc1CCNC(=O)C1(C)CCCCO1. The summed E-state index contributed by atoms with van der Waals surface area (Å²) in [7, 11) is 0. The van der Waals surface area contributed by atoms with Gasteiger partial charge in [-0.05, 0) is 56.5 Å². The molecule has 2 heterocycles. The maximum Gasteiger partial charge on any atom is 0.251 e. The molecule has 1 fully saturated rings. The standard InChI is InChI=1S/C14H21NO2S/c1-11-6-10-18-12(11)5-8-15-13(16)14(2)7-3-4-9-17-14/h6,10H,3-5,7-9H2,1-2H3,(H,15,16). The van der Waals surface area contributed by atoms with Gasteiger partial charge in [0.25, 0.3) is 5.91 Å². The molecule has 4 heteroatoms. The van der Waals surface area contributed by atoms with Crippen LogP contribution in [0.3, 0.4) is 0 Å². The van der Waals surface area contributed by atoms with Crippen LogP contribution in [0.25, 0.3) is 0 Å². The van der Waals surface area contributed by atoms with Gasteiger partial charge in [0, 0.05) is 18.0 Å². The number of amides is 1. The Morgan fingerprint density at radius 2 is 2.39 bits per heavy atom. The lowest BCUT2D eigenvalue weighted by molar-refractivity contribution is -0.150. The molecule has 1 aliphatic rings. The molecule has 1 aliphatic heterocycles. The van der Waals surface area contributed by atoms with Crippen molar-refractivity contribution in [1.82, 2.24) is 5.32 Å². The summed E-state index contributed by atoms with van der Waals surface area (Å²) in [6.45, 7) is 5.41. The summed E-state index contributed by atoms with van der Waals surface area (Å²) in [5.74, 6) is 0.0383. The van der Waals surface area contributed by atoms with Crippen LogP contribution in [0.2, 0.25) is 0 Å². The highest BCUT2D eigenvalue weighted by molar-refractivity contribution is 7.10. The number of carbonyl (C=O) groups excluding carboxylic acids is 1. The molecule has 1 aromatic heterocycles. The third kappa shape index (κ3) is 3.12. The van der Waals surface area contributed by atoms with Gasteiger partial charge in [-0.15, -0.1) is 11.3 Å². The van der Waals surface area contributed by atoms with Gasteiger partial charge in [0.2, 0.25) is 0 Å². The molecule has 3 nitrogen and oxygen atoms in total. The van der Waals surface area contributed by atoms with Gasteiger partial charge in [0.05, 0.1) is 0 Å². The molecule has 1 atom stereocenters. The number of nitrogens with one attached hydrogen (secondary N) is 1. The molecule has 1 N–H and O–H groups in total. The van der Waals surface area contributed by atoms with Gasteiger partial charge in [-0.25, -0.2) is 0 Å². The fraction of sp³-hybridized carbons (Fsp3) is 0.643. The molecular formula is C14H21NO2S. The molecular weight excluding hydrogens is 246 g/mol. The van der Waals surface area contributed by atoms with Crippen molar-refractivity contribution < 1.29 is 9.53 Å². The fourth-order valence-electron chi connectivity index (χ4n) is 2.25. The van der Waals surface area contributed by atoms with E-state index in [-0.39, 0.29) is 5.91 Å². The molecule has 1 aromatic rings. The number of rotatable bonds is 4. The van der Waals surface area contributed by atoms with Crippen LogP contribution >= 0.6 is 11.3 Å². The Hall–Kier alpha value is -0.870. The van der Waals surface area contributed by atoms with Crippen LogP contribution in [-0.2, 0) is 16.0 Å². The molecule has 2 rings (SSSR count). The van der Waals surface area contributed by atoms with E-state index in [2.05, 4.69) is 23.7 Å². The van der Waals surface area contributed by atoms with Gasteiger partial charge in [-0.3, -0.25) is 4.79 Å². The highest BCUT2D eigenvalue weighted by atomic mass is 32.1. The van der Waals surface area contributed by atoms with E-state index in [9.17, 15) is 4.79 Å². The van der Waals surface area contributed by atoms with Crippen molar-refractivity contribution in [3.05, 3.63) is 21.9 Å². The summed E-state index contributed by atoms with van der Waals surface area (Å²) in [6, 6.07) is 2.12. The largest absolute Gasteiger partial charge is 0.365 e. The van der Waals surface area contributed by atoms with E-state index < -0.39 is 5.60 Å². The van der Waals surface area contributed by atoms with Gasteiger partial charge in [0.1, 0.15) is 5.60 Å². The summed E-state index contributed by atoms with van der Waals surface area (Å²) < 4.78 is 5.63. The van der Waals surface area contributed by atoms with Crippen molar-refractivity contribution >= 4 is 17.2 Å². The Bertz CT molecular complexity index is 408. The Morgan fingerprint density at radius 3 is 3.00 bits per heavy atom. The number of aryl methyl sites for hydroxylation is 1. The Balaban J connectivity index is 1.79. The lowest BCUT2D eigenvalue weighted by atomic mass is 9.95. The molecule has 1 amide bonds. The average molecular weight is 267 g/mol. The smallest absolute Gasteiger partial charge is 0.251 e. The quantitative estimate of drug-likeness (QED) is 0.911. The lowest BCUT2D eigenvalue weighted by Gasteiger charge is -2.32. The summed E-state index contributed by atoms with van der Waals surface area (Å²) in [5, 5.41) is 5.10. The van der Waals surface area contributed by atoms with E-state index in [1.807, 2.05) is 6.92 Å². The predicted molar refractivity (Wildman–Crippen MR) is 74.0 cm³/mol. The van der Waals surface area contributed by atoms with Crippen LogP contribution in [0.15, 0.2) is 11.4 Å². The zero-order valence-electron chi connectivity index (χ0n) is 11.1. The predicted octanol–water partition coefficient (Wildman–Crippen LogP) is 2.67. The number of thiophene rings is 1. The summed E-state index contributed by atoms with van der Waals surface area (Å²) in [4.78, 5) is 13.5. The third-order valence-electron chi connectivity index (χ3n) is 3.55. The first-order chi connectivity index (χ1) is 8.62. The average Bonchev–Trinajstić information content (AvgIpc) is 2.76. The van der Waals surface area contributed by atoms with E-state index in [0.29, 0.717) is 13.2 Å². The van der Waals surface area contributed by atoms with Crippen molar-refractivity contribution in [2.45, 2.75) is 45.1 Å². The number of ether oxygens (including phenoxy) is 1. The maximum atomic E-state index is 12.1. The minimum absolute atomic E-state index is 0.0383. The molecule has 1 saturated heterocycles. The number of hydrogen-bond acceptors (Lipinski definition) is 3. The minimum atomic E-state index is -0.608. The van der Waals surface area contributed by atoms with E-state index in [1.54, 1.807) is 11.3 Å². The van der Waals surface area contributed by atoms with E-state index in [1.165, 1.54) is 10.4 Å². The Morgan fingerprint density at radius 1 is 1.56 bits per heavy atom. The topological polar surface area (TPSA) is 38.3 Å². The molecule has 18 heavy (non-hydrogen) atoms. The zero-order valence-corrected chi connectivity index (χ0v) is 11.9. The highest BCUT2D eigenvalue weighted by Crippen LogP contribution is 2.24. The summed E-state index contributed by atoms with van der Waals surface area (Å²) in [6.07, 6.45) is 3.88. The van der Waals surface area contributed by atoms with Gasteiger partial charge in [-0.2, -0.15) is 0 Å². The normalized spacial score (nSPS) is 23.9. The van der Waals surface area contributed by atoms with Crippen LogP contribution in [0.1, 0.15) is 36.6 Å². The maximum absolute atomic E-state index is 12.1.